The van der Waals surface area contributed by atoms with Gasteiger partial charge in [0.05, 0.1) is 0 Å². The summed E-state index contributed by atoms with van der Waals surface area (Å²) in [5, 5.41) is 6.61. The van der Waals surface area contributed by atoms with E-state index in [2.05, 4.69) is 15.5 Å². The normalized spacial score (nSPS) is 16.7. The minimum absolute atomic E-state index is 0.0254. The van der Waals surface area contributed by atoms with Crippen molar-refractivity contribution in [3.8, 4) is 0 Å². The molecule has 0 aromatic heterocycles. The largest absolute Gasteiger partial charge is 0.352 e. The zero-order valence-corrected chi connectivity index (χ0v) is 16.8. The highest BCUT2D eigenvalue weighted by molar-refractivity contribution is 6.30. The third kappa shape index (κ3) is 6.08. The van der Waals surface area contributed by atoms with Crippen LogP contribution in [0.2, 0.25) is 5.02 Å². The molecule has 0 saturated carbocycles. The molecule has 6 heteroatoms. The molecule has 0 aliphatic carbocycles. The van der Waals surface area contributed by atoms with Gasteiger partial charge in [0.25, 0.3) is 5.91 Å². The standard InChI is InChI=1S/C22H26ClN3O2/c1-16-2-6-18(7-3-16)22(28)24-12-10-21(27)25-20-11-13-26(15-20)14-17-4-8-19(23)9-5-17/h2-9,20H,10-15H2,1H3,(H,24,28)(H,25,27)/t20-/m1/s1. The molecule has 1 atom stereocenters. The van der Waals surface area contributed by atoms with Gasteiger partial charge in [0.2, 0.25) is 5.91 Å². The van der Waals surface area contributed by atoms with Crippen LogP contribution in [-0.2, 0) is 11.3 Å². The highest BCUT2D eigenvalue weighted by Gasteiger charge is 2.23. The van der Waals surface area contributed by atoms with Gasteiger partial charge in [-0.05, 0) is 43.2 Å². The van der Waals surface area contributed by atoms with Crippen LogP contribution in [0.4, 0.5) is 0 Å². The Morgan fingerprint density at radius 1 is 1.11 bits per heavy atom. The minimum Gasteiger partial charge on any atom is -0.352 e. The lowest BCUT2D eigenvalue weighted by atomic mass is 10.1. The van der Waals surface area contributed by atoms with Crippen molar-refractivity contribution in [1.82, 2.24) is 15.5 Å². The molecule has 5 nitrogen and oxygen atoms in total. The lowest BCUT2D eigenvalue weighted by Crippen LogP contribution is -2.38. The van der Waals surface area contributed by atoms with E-state index >= 15 is 0 Å². The number of nitrogens with one attached hydrogen (secondary N) is 2. The van der Waals surface area contributed by atoms with Crippen molar-refractivity contribution in [2.45, 2.75) is 32.4 Å². The van der Waals surface area contributed by atoms with E-state index in [0.717, 1.165) is 36.6 Å². The fourth-order valence-corrected chi connectivity index (χ4v) is 3.46. The third-order valence-electron chi connectivity index (χ3n) is 4.91. The van der Waals surface area contributed by atoms with Crippen LogP contribution < -0.4 is 10.6 Å². The van der Waals surface area contributed by atoms with Crippen molar-refractivity contribution >= 4 is 23.4 Å². The lowest BCUT2D eigenvalue weighted by Gasteiger charge is -2.17. The predicted molar refractivity (Wildman–Crippen MR) is 111 cm³/mol. The van der Waals surface area contributed by atoms with E-state index in [1.54, 1.807) is 12.1 Å². The number of carbonyl (C=O) groups excluding carboxylic acids is 2. The monoisotopic (exact) mass is 399 g/mol. The second-order valence-electron chi connectivity index (χ2n) is 7.29. The van der Waals surface area contributed by atoms with Crippen LogP contribution in [0.25, 0.3) is 0 Å². The Labute approximate surface area is 171 Å². The first kappa shape index (κ1) is 20.4. The highest BCUT2D eigenvalue weighted by atomic mass is 35.5. The molecule has 1 saturated heterocycles. The molecule has 2 aromatic rings. The van der Waals surface area contributed by atoms with E-state index in [1.807, 2.05) is 43.3 Å². The Bertz CT molecular complexity index is 806. The fraction of sp³-hybridized carbons (Fsp3) is 0.364. The molecule has 0 radical (unpaired) electrons. The van der Waals surface area contributed by atoms with Crippen LogP contribution in [0.1, 0.15) is 34.3 Å². The molecule has 2 aromatic carbocycles. The summed E-state index contributed by atoms with van der Waals surface area (Å²) in [6.07, 6.45) is 1.22. The maximum Gasteiger partial charge on any atom is 0.251 e. The number of benzene rings is 2. The quantitative estimate of drug-likeness (QED) is 0.751. The van der Waals surface area contributed by atoms with Gasteiger partial charge in [-0.3, -0.25) is 14.5 Å². The molecule has 3 rings (SSSR count). The van der Waals surface area contributed by atoms with Crippen molar-refractivity contribution in [2.24, 2.45) is 0 Å². The van der Waals surface area contributed by atoms with Gasteiger partial charge in [0.1, 0.15) is 0 Å². The van der Waals surface area contributed by atoms with Gasteiger partial charge in [-0.2, -0.15) is 0 Å². The lowest BCUT2D eigenvalue weighted by molar-refractivity contribution is -0.121. The molecule has 2 amide bonds. The van der Waals surface area contributed by atoms with Crippen LogP contribution in [-0.4, -0.2) is 42.4 Å². The summed E-state index contributed by atoms with van der Waals surface area (Å²) in [6.45, 7) is 4.96. The van der Waals surface area contributed by atoms with Gasteiger partial charge >= 0.3 is 0 Å². The number of amides is 2. The number of rotatable bonds is 7. The summed E-state index contributed by atoms with van der Waals surface area (Å²) in [4.78, 5) is 26.6. The second-order valence-corrected chi connectivity index (χ2v) is 7.72. The number of likely N-dealkylation sites (tertiary alicyclic amines) is 1. The van der Waals surface area contributed by atoms with Gasteiger partial charge in [-0.25, -0.2) is 0 Å². The topological polar surface area (TPSA) is 61.4 Å². The third-order valence-corrected chi connectivity index (χ3v) is 5.16. The number of hydrogen-bond acceptors (Lipinski definition) is 3. The van der Waals surface area contributed by atoms with Gasteiger partial charge in [0, 0.05) is 49.2 Å². The fourth-order valence-electron chi connectivity index (χ4n) is 3.34. The Balaban J connectivity index is 1.35. The molecule has 148 valence electrons. The zero-order chi connectivity index (χ0) is 19.9. The second kappa shape index (κ2) is 9.71. The maximum absolute atomic E-state index is 12.2. The number of halogens is 1. The summed E-state index contributed by atoms with van der Waals surface area (Å²) in [5.74, 6) is -0.176. The average molecular weight is 400 g/mol. The van der Waals surface area contributed by atoms with E-state index in [-0.39, 0.29) is 24.3 Å². The first-order chi connectivity index (χ1) is 13.5. The summed E-state index contributed by atoms with van der Waals surface area (Å²) < 4.78 is 0. The molecular formula is C22H26ClN3O2. The van der Waals surface area contributed by atoms with Crippen molar-refractivity contribution < 1.29 is 9.59 Å². The summed E-state index contributed by atoms with van der Waals surface area (Å²) in [6, 6.07) is 15.4. The van der Waals surface area contributed by atoms with Crippen LogP contribution in [0.15, 0.2) is 48.5 Å². The van der Waals surface area contributed by atoms with Crippen molar-refractivity contribution in [1.29, 1.82) is 0 Å². The molecular weight excluding hydrogens is 374 g/mol. The minimum atomic E-state index is -0.150. The van der Waals surface area contributed by atoms with Gasteiger partial charge < -0.3 is 10.6 Å². The van der Waals surface area contributed by atoms with E-state index in [4.69, 9.17) is 11.6 Å². The molecule has 28 heavy (non-hydrogen) atoms. The molecule has 1 aliphatic heterocycles. The van der Waals surface area contributed by atoms with Crippen molar-refractivity contribution in [2.75, 3.05) is 19.6 Å². The van der Waals surface area contributed by atoms with Crippen LogP contribution >= 0.6 is 11.6 Å². The first-order valence-electron chi connectivity index (χ1n) is 9.60. The van der Waals surface area contributed by atoms with Gasteiger partial charge in [-0.15, -0.1) is 0 Å². The van der Waals surface area contributed by atoms with E-state index in [9.17, 15) is 9.59 Å². The van der Waals surface area contributed by atoms with Crippen LogP contribution in [0, 0.1) is 6.92 Å². The van der Waals surface area contributed by atoms with E-state index < -0.39 is 0 Å². The van der Waals surface area contributed by atoms with Crippen molar-refractivity contribution in [3.05, 3.63) is 70.2 Å². The molecule has 2 N–H and O–H groups in total. The average Bonchev–Trinajstić information content (AvgIpc) is 3.10. The zero-order valence-electron chi connectivity index (χ0n) is 16.1. The molecule has 0 unspecified atom stereocenters. The summed E-state index contributed by atoms with van der Waals surface area (Å²) in [5.41, 5.74) is 2.94. The Morgan fingerprint density at radius 2 is 1.82 bits per heavy atom. The molecule has 1 aliphatic rings. The molecule has 1 fully saturated rings. The molecule has 0 bridgehead atoms. The number of nitrogens with zero attached hydrogens (tertiary/aromatic N) is 1. The smallest absolute Gasteiger partial charge is 0.251 e. The maximum atomic E-state index is 12.2. The number of carbonyl (C=O) groups is 2. The van der Waals surface area contributed by atoms with Crippen LogP contribution in [0.3, 0.4) is 0 Å². The number of hydrogen-bond donors (Lipinski definition) is 2. The Morgan fingerprint density at radius 3 is 2.54 bits per heavy atom. The Hall–Kier alpha value is -2.37. The van der Waals surface area contributed by atoms with E-state index in [1.165, 1.54) is 5.56 Å². The summed E-state index contributed by atoms with van der Waals surface area (Å²) in [7, 11) is 0. The van der Waals surface area contributed by atoms with E-state index in [0.29, 0.717) is 12.1 Å². The predicted octanol–water partition coefficient (Wildman–Crippen LogP) is 3.16. The SMILES string of the molecule is Cc1ccc(C(=O)NCCC(=O)N[C@@H]2CCN(Cc3ccc(Cl)cc3)C2)cc1. The first-order valence-corrected chi connectivity index (χ1v) is 9.98. The van der Waals surface area contributed by atoms with Gasteiger partial charge in [0.15, 0.2) is 0 Å². The summed E-state index contributed by atoms with van der Waals surface area (Å²) >= 11 is 5.92. The Kier molecular flexibility index (Phi) is 7.06. The molecule has 1 heterocycles. The van der Waals surface area contributed by atoms with Gasteiger partial charge in [-0.1, -0.05) is 41.4 Å². The highest BCUT2D eigenvalue weighted by Crippen LogP contribution is 2.16. The number of aryl methyl sites for hydroxylation is 1. The van der Waals surface area contributed by atoms with Crippen molar-refractivity contribution in [3.63, 3.8) is 0 Å². The van der Waals surface area contributed by atoms with Crippen LogP contribution in [0.5, 0.6) is 0 Å². The molecule has 0 spiro atoms.